The minimum atomic E-state index is 0.603. The number of ether oxygens (including phenoxy) is 1. The average Bonchev–Trinajstić information content (AvgIpc) is 3.15. The van der Waals surface area contributed by atoms with Gasteiger partial charge < -0.3 is 9.64 Å². The molecule has 1 aromatic rings. The Kier molecular flexibility index (Phi) is 3.37. The Morgan fingerprint density at radius 2 is 2.38 bits per heavy atom. The molecule has 4 heteroatoms. The van der Waals surface area contributed by atoms with Gasteiger partial charge in [0.05, 0.1) is 12.2 Å². The van der Waals surface area contributed by atoms with Crippen LogP contribution in [0.4, 0.5) is 5.82 Å². The van der Waals surface area contributed by atoms with Crippen LogP contribution < -0.4 is 4.90 Å². The molecule has 0 atom stereocenters. The predicted molar refractivity (Wildman–Crippen MR) is 61.2 cm³/mol. The highest BCUT2D eigenvalue weighted by Crippen LogP contribution is 2.30. The largest absolute Gasteiger partial charge is 0.383 e. The number of anilines is 1. The van der Waals surface area contributed by atoms with Gasteiger partial charge in [-0.1, -0.05) is 0 Å². The van der Waals surface area contributed by atoms with Gasteiger partial charge in [0.15, 0.2) is 0 Å². The molecule has 16 heavy (non-hydrogen) atoms. The van der Waals surface area contributed by atoms with Crippen molar-refractivity contribution in [3.63, 3.8) is 0 Å². The fraction of sp³-hybridized carbons (Fsp3) is 0.500. The first kappa shape index (κ1) is 10.9. The number of nitrogens with zero attached hydrogens (tertiary/aromatic N) is 3. The van der Waals surface area contributed by atoms with E-state index < -0.39 is 0 Å². The average molecular weight is 217 g/mol. The van der Waals surface area contributed by atoms with Gasteiger partial charge in [-0.2, -0.15) is 5.26 Å². The van der Waals surface area contributed by atoms with Crippen molar-refractivity contribution in [1.82, 2.24) is 4.98 Å². The van der Waals surface area contributed by atoms with Crippen molar-refractivity contribution in [1.29, 1.82) is 5.26 Å². The lowest BCUT2D eigenvalue weighted by Crippen LogP contribution is -2.30. The van der Waals surface area contributed by atoms with Crippen LogP contribution in [0.1, 0.15) is 18.4 Å². The maximum Gasteiger partial charge on any atom is 0.128 e. The summed E-state index contributed by atoms with van der Waals surface area (Å²) in [5.74, 6) is 0.943. The second kappa shape index (κ2) is 4.95. The number of methoxy groups -OCH3 is 1. The van der Waals surface area contributed by atoms with Crippen LogP contribution in [-0.4, -0.2) is 31.3 Å². The van der Waals surface area contributed by atoms with E-state index in [2.05, 4.69) is 16.0 Å². The fourth-order valence-electron chi connectivity index (χ4n) is 1.68. The lowest BCUT2D eigenvalue weighted by atomic mass is 10.3. The summed E-state index contributed by atoms with van der Waals surface area (Å²) >= 11 is 0. The minimum Gasteiger partial charge on any atom is -0.383 e. The SMILES string of the molecule is COCCN(c1ccc(C#N)cn1)C1CC1. The van der Waals surface area contributed by atoms with E-state index in [0.717, 1.165) is 12.4 Å². The Bertz CT molecular complexity index is 378. The molecule has 4 nitrogen and oxygen atoms in total. The Balaban J connectivity index is 2.08. The first-order valence-corrected chi connectivity index (χ1v) is 5.47. The molecule has 0 aromatic carbocycles. The molecular weight excluding hydrogens is 202 g/mol. The standard InChI is InChI=1S/C12H15N3O/c1-16-7-6-15(11-3-4-11)12-5-2-10(8-13)9-14-12/h2,5,9,11H,3-4,6-7H2,1H3. The Labute approximate surface area is 95.5 Å². The number of aromatic nitrogens is 1. The van der Waals surface area contributed by atoms with Crippen molar-refractivity contribution in [2.75, 3.05) is 25.2 Å². The second-order valence-corrected chi connectivity index (χ2v) is 3.93. The van der Waals surface area contributed by atoms with E-state index in [1.54, 1.807) is 13.3 Å². The molecule has 0 radical (unpaired) electrons. The minimum absolute atomic E-state index is 0.603. The van der Waals surface area contributed by atoms with Gasteiger partial charge in [-0.15, -0.1) is 0 Å². The van der Waals surface area contributed by atoms with Gasteiger partial charge in [-0.3, -0.25) is 0 Å². The summed E-state index contributed by atoms with van der Waals surface area (Å²) in [5, 5.41) is 8.71. The van der Waals surface area contributed by atoms with Crippen LogP contribution in [0.3, 0.4) is 0 Å². The van der Waals surface area contributed by atoms with Crippen molar-refractivity contribution >= 4 is 5.82 Å². The maximum atomic E-state index is 8.71. The van der Waals surface area contributed by atoms with Gasteiger partial charge in [0, 0.05) is 25.9 Å². The number of hydrogen-bond acceptors (Lipinski definition) is 4. The van der Waals surface area contributed by atoms with Crippen LogP contribution >= 0.6 is 0 Å². The lowest BCUT2D eigenvalue weighted by molar-refractivity contribution is 0.204. The quantitative estimate of drug-likeness (QED) is 0.751. The molecule has 1 aromatic heterocycles. The summed E-state index contributed by atoms with van der Waals surface area (Å²) in [6.07, 6.45) is 4.08. The van der Waals surface area contributed by atoms with Crippen LogP contribution in [-0.2, 0) is 4.74 Å². The van der Waals surface area contributed by atoms with Crippen LogP contribution in [0.2, 0.25) is 0 Å². The van der Waals surface area contributed by atoms with E-state index >= 15 is 0 Å². The Hall–Kier alpha value is -1.60. The molecule has 0 spiro atoms. The molecule has 0 bridgehead atoms. The van der Waals surface area contributed by atoms with Gasteiger partial charge in [0.25, 0.3) is 0 Å². The summed E-state index contributed by atoms with van der Waals surface area (Å²) in [6.45, 7) is 1.57. The summed E-state index contributed by atoms with van der Waals surface area (Å²) < 4.78 is 5.09. The van der Waals surface area contributed by atoms with Gasteiger partial charge in [0.1, 0.15) is 11.9 Å². The lowest BCUT2D eigenvalue weighted by Gasteiger charge is -2.22. The molecule has 1 aliphatic rings. The molecule has 1 heterocycles. The van der Waals surface area contributed by atoms with Crippen LogP contribution in [0, 0.1) is 11.3 Å². The van der Waals surface area contributed by atoms with Gasteiger partial charge in [-0.25, -0.2) is 4.98 Å². The third-order valence-corrected chi connectivity index (χ3v) is 2.70. The second-order valence-electron chi connectivity index (χ2n) is 3.93. The van der Waals surface area contributed by atoms with Crippen molar-refractivity contribution < 1.29 is 4.74 Å². The van der Waals surface area contributed by atoms with Crippen LogP contribution in [0.25, 0.3) is 0 Å². The van der Waals surface area contributed by atoms with Crippen LogP contribution in [0.15, 0.2) is 18.3 Å². The summed E-state index contributed by atoms with van der Waals surface area (Å²) in [4.78, 5) is 6.57. The van der Waals surface area contributed by atoms with Gasteiger partial charge in [0.2, 0.25) is 0 Å². The summed E-state index contributed by atoms with van der Waals surface area (Å²) in [6, 6.07) is 6.40. The van der Waals surface area contributed by atoms with Gasteiger partial charge >= 0.3 is 0 Å². The van der Waals surface area contributed by atoms with E-state index in [0.29, 0.717) is 18.2 Å². The molecule has 1 fully saturated rings. The van der Waals surface area contributed by atoms with E-state index in [1.165, 1.54) is 12.8 Å². The normalized spacial score (nSPS) is 14.5. The van der Waals surface area contributed by atoms with Crippen molar-refractivity contribution in [2.45, 2.75) is 18.9 Å². The summed E-state index contributed by atoms with van der Waals surface area (Å²) in [7, 11) is 1.71. The smallest absolute Gasteiger partial charge is 0.128 e. The highest BCUT2D eigenvalue weighted by atomic mass is 16.5. The highest BCUT2D eigenvalue weighted by molar-refractivity contribution is 5.44. The Morgan fingerprint density at radius 3 is 2.88 bits per heavy atom. The topological polar surface area (TPSA) is 49.1 Å². The van der Waals surface area contributed by atoms with Crippen LogP contribution in [0.5, 0.6) is 0 Å². The number of pyridine rings is 1. The molecule has 0 saturated heterocycles. The number of nitriles is 1. The van der Waals surface area contributed by atoms with Gasteiger partial charge in [-0.05, 0) is 25.0 Å². The fourth-order valence-corrected chi connectivity index (χ4v) is 1.68. The molecule has 0 N–H and O–H groups in total. The van der Waals surface area contributed by atoms with Crippen molar-refractivity contribution in [3.8, 4) is 6.07 Å². The van der Waals surface area contributed by atoms with Crippen molar-refractivity contribution in [3.05, 3.63) is 23.9 Å². The van der Waals surface area contributed by atoms with Crippen molar-refractivity contribution in [2.24, 2.45) is 0 Å². The molecule has 0 unspecified atom stereocenters. The third kappa shape index (κ3) is 2.50. The zero-order chi connectivity index (χ0) is 11.4. The van der Waals surface area contributed by atoms with E-state index in [-0.39, 0.29) is 0 Å². The highest BCUT2D eigenvalue weighted by Gasteiger charge is 2.29. The van der Waals surface area contributed by atoms with E-state index in [4.69, 9.17) is 10.00 Å². The van der Waals surface area contributed by atoms with E-state index in [9.17, 15) is 0 Å². The van der Waals surface area contributed by atoms with E-state index in [1.807, 2.05) is 12.1 Å². The zero-order valence-electron chi connectivity index (χ0n) is 9.39. The molecule has 0 amide bonds. The maximum absolute atomic E-state index is 8.71. The first-order chi connectivity index (χ1) is 7.85. The molecule has 0 aliphatic heterocycles. The molecule has 84 valence electrons. The molecule has 1 aliphatic carbocycles. The molecule has 2 rings (SSSR count). The monoisotopic (exact) mass is 217 g/mol. The number of rotatable bonds is 5. The third-order valence-electron chi connectivity index (χ3n) is 2.70. The predicted octanol–water partition coefficient (Wildman–Crippen LogP) is 1.57. The molecule has 1 saturated carbocycles. The Morgan fingerprint density at radius 1 is 1.56 bits per heavy atom. The zero-order valence-corrected chi connectivity index (χ0v) is 9.39. The number of hydrogen-bond donors (Lipinski definition) is 0. The first-order valence-electron chi connectivity index (χ1n) is 5.47. The summed E-state index contributed by atoms with van der Waals surface area (Å²) in [5.41, 5.74) is 0.603. The molecular formula is C12H15N3O.